The zero-order chi connectivity index (χ0) is 10.0. The van der Waals surface area contributed by atoms with Crippen molar-refractivity contribution in [2.45, 2.75) is 53.9 Å². The van der Waals surface area contributed by atoms with Crippen molar-refractivity contribution in [1.82, 2.24) is 0 Å². The fourth-order valence-corrected chi connectivity index (χ4v) is 2.84. The Labute approximate surface area is 84.1 Å². The van der Waals surface area contributed by atoms with Crippen molar-refractivity contribution in [3.05, 3.63) is 0 Å². The largest absolute Gasteiger partial charge is 0.0651 e. The number of hydrogen-bond donors (Lipinski definition) is 0. The van der Waals surface area contributed by atoms with E-state index >= 15 is 0 Å². The second kappa shape index (κ2) is 4.48. The van der Waals surface area contributed by atoms with E-state index in [1.54, 1.807) is 0 Å². The van der Waals surface area contributed by atoms with Gasteiger partial charge in [0.1, 0.15) is 0 Å². The molecule has 0 N–H and O–H groups in total. The third kappa shape index (κ3) is 2.48. The van der Waals surface area contributed by atoms with Crippen LogP contribution in [0.15, 0.2) is 0 Å². The van der Waals surface area contributed by atoms with Gasteiger partial charge in [-0.1, -0.05) is 41.0 Å². The highest BCUT2D eigenvalue weighted by atomic mass is 14.4. The van der Waals surface area contributed by atoms with E-state index in [1.807, 2.05) is 0 Å². The summed E-state index contributed by atoms with van der Waals surface area (Å²) in [5, 5.41) is 0. The van der Waals surface area contributed by atoms with Crippen LogP contribution in [0.2, 0.25) is 0 Å². The molecule has 0 radical (unpaired) electrons. The minimum absolute atomic E-state index is 0.942. The lowest BCUT2D eigenvalue weighted by atomic mass is 9.66. The molecule has 1 rings (SSSR count). The maximum atomic E-state index is 2.44. The zero-order valence-corrected chi connectivity index (χ0v) is 10.0. The van der Waals surface area contributed by atoms with Gasteiger partial charge in [-0.15, -0.1) is 0 Å². The summed E-state index contributed by atoms with van der Waals surface area (Å²) in [7, 11) is 0. The van der Waals surface area contributed by atoms with Crippen LogP contribution in [-0.4, -0.2) is 0 Å². The van der Waals surface area contributed by atoms with Crippen molar-refractivity contribution in [2.75, 3.05) is 0 Å². The van der Waals surface area contributed by atoms with Gasteiger partial charge in [0.2, 0.25) is 0 Å². The van der Waals surface area contributed by atoms with Gasteiger partial charge in [0.05, 0.1) is 0 Å². The van der Waals surface area contributed by atoms with Gasteiger partial charge in [0.15, 0.2) is 0 Å². The van der Waals surface area contributed by atoms with Crippen LogP contribution in [0.5, 0.6) is 0 Å². The SMILES string of the molecule is CCC(C)C1CC(C)C(C)C(C)C1. The molecule has 0 bridgehead atoms. The summed E-state index contributed by atoms with van der Waals surface area (Å²) in [6.45, 7) is 12.1. The van der Waals surface area contributed by atoms with Crippen molar-refractivity contribution < 1.29 is 0 Å². The molecule has 3 atom stereocenters. The molecule has 13 heavy (non-hydrogen) atoms. The molecule has 1 aliphatic rings. The van der Waals surface area contributed by atoms with Crippen LogP contribution in [0.4, 0.5) is 0 Å². The standard InChI is InChI=1S/C13H26/c1-6-9(2)13-7-10(3)12(5)11(4)8-13/h9-13H,6-8H2,1-5H3. The summed E-state index contributed by atoms with van der Waals surface area (Å²) < 4.78 is 0. The highest BCUT2D eigenvalue weighted by molar-refractivity contribution is 4.81. The molecule has 0 heteroatoms. The summed E-state index contributed by atoms with van der Waals surface area (Å²) in [6.07, 6.45) is 4.31. The van der Waals surface area contributed by atoms with E-state index in [-0.39, 0.29) is 0 Å². The van der Waals surface area contributed by atoms with Gasteiger partial charge in [-0.05, 0) is 42.4 Å². The first-order valence-corrected chi connectivity index (χ1v) is 6.06. The summed E-state index contributed by atoms with van der Waals surface area (Å²) in [4.78, 5) is 0. The second-order valence-electron chi connectivity index (χ2n) is 5.43. The molecular formula is C13H26. The molecular weight excluding hydrogens is 156 g/mol. The van der Waals surface area contributed by atoms with E-state index in [0.717, 1.165) is 29.6 Å². The maximum Gasteiger partial charge on any atom is -0.0383 e. The van der Waals surface area contributed by atoms with Crippen LogP contribution in [-0.2, 0) is 0 Å². The normalized spacial score (nSPS) is 43.2. The van der Waals surface area contributed by atoms with E-state index in [4.69, 9.17) is 0 Å². The summed E-state index contributed by atoms with van der Waals surface area (Å²) in [5.41, 5.74) is 0. The first kappa shape index (κ1) is 11.1. The first-order chi connectivity index (χ1) is 6.06. The lowest BCUT2D eigenvalue weighted by Gasteiger charge is -2.39. The first-order valence-electron chi connectivity index (χ1n) is 6.06. The van der Waals surface area contributed by atoms with E-state index in [2.05, 4.69) is 34.6 Å². The lowest BCUT2D eigenvalue weighted by molar-refractivity contribution is 0.107. The Morgan fingerprint density at radius 1 is 1.08 bits per heavy atom. The fraction of sp³-hybridized carbons (Fsp3) is 1.00. The van der Waals surface area contributed by atoms with Crippen molar-refractivity contribution in [1.29, 1.82) is 0 Å². The van der Waals surface area contributed by atoms with Crippen LogP contribution in [0.25, 0.3) is 0 Å². The minimum Gasteiger partial charge on any atom is -0.0651 e. The summed E-state index contributed by atoms with van der Waals surface area (Å²) in [6, 6.07) is 0. The Morgan fingerprint density at radius 2 is 1.54 bits per heavy atom. The Kier molecular flexibility index (Phi) is 3.82. The lowest BCUT2D eigenvalue weighted by Crippen LogP contribution is -2.30. The maximum absolute atomic E-state index is 2.44. The molecule has 0 spiro atoms. The quantitative estimate of drug-likeness (QED) is 0.595. The Morgan fingerprint density at radius 3 is 1.92 bits per heavy atom. The smallest absolute Gasteiger partial charge is 0.0383 e. The van der Waals surface area contributed by atoms with Crippen LogP contribution in [0.3, 0.4) is 0 Å². The molecule has 1 saturated carbocycles. The van der Waals surface area contributed by atoms with Crippen LogP contribution in [0, 0.1) is 29.6 Å². The van der Waals surface area contributed by atoms with Gasteiger partial charge < -0.3 is 0 Å². The Hall–Kier alpha value is 0. The minimum atomic E-state index is 0.942. The van der Waals surface area contributed by atoms with Gasteiger partial charge in [-0.25, -0.2) is 0 Å². The number of rotatable bonds is 2. The van der Waals surface area contributed by atoms with Gasteiger partial charge in [0, 0.05) is 0 Å². The van der Waals surface area contributed by atoms with Crippen LogP contribution < -0.4 is 0 Å². The molecule has 0 aromatic rings. The average Bonchev–Trinajstić information content (AvgIpc) is 2.12. The summed E-state index contributed by atoms with van der Waals surface area (Å²) in [5.74, 6) is 4.79. The highest BCUT2D eigenvalue weighted by Gasteiger charge is 2.31. The highest BCUT2D eigenvalue weighted by Crippen LogP contribution is 2.41. The van der Waals surface area contributed by atoms with E-state index in [1.165, 1.54) is 19.3 Å². The predicted octanol–water partition coefficient (Wildman–Crippen LogP) is 4.35. The van der Waals surface area contributed by atoms with Gasteiger partial charge >= 0.3 is 0 Å². The zero-order valence-electron chi connectivity index (χ0n) is 10.0. The fourth-order valence-electron chi connectivity index (χ4n) is 2.84. The van der Waals surface area contributed by atoms with Crippen LogP contribution in [0.1, 0.15) is 53.9 Å². The molecule has 0 aliphatic heterocycles. The summed E-state index contributed by atoms with van der Waals surface area (Å²) >= 11 is 0. The topological polar surface area (TPSA) is 0 Å². The van der Waals surface area contributed by atoms with Crippen molar-refractivity contribution in [3.63, 3.8) is 0 Å². The third-order valence-electron chi connectivity index (χ3n) is 4.59. The molecule has 1 fully saturated rings. The molecule has 0 aromatic heterocycles. The predicted molar refractivity (Wildman–Crippen MR) is 59.7 cm³/mol. The van der Waals surface area contributed by atoms with Gasteiger partial charge in [-0.2, -0.15) is 0 Å². The molecule has 0 heterocycles. The van der Waals surface area contributed by atoms with Gasteiger partial charge in [0.25, 0.3) is 0 Å². The average molecular weight is 182 g/mol. The molecule has 0 nitrogen and oxygen atoms in total. The van der Waals surface area contributed by atoms with Crippen molar-refractivity contribution >= 4 is 0 Å². The van der Waals surface area contributed by atoms with Gasteiger partial charge in [-0.3, -0.25) is 0 Å². The monoisotopic (exact) mass is 182 g/mol. The van der Waals surface area contributed by atoms with E-state index < -0.39 is 0 Å². The van der Waals surface area contributed by atoms with Crippen molar-refractivity contribution in [2.24, 2.45) is 29.6 Å². The van der Waals surface area contributed by atoms with E-state index in [9.17, 15) is 0 Å². The van der Waals surface area contributed by atoms with Crippen molar-refractivity contribution in [3.8, 4) is 0 Å². The number of hydrogen-bond acceptors (Lipinski definition) is 0. The molecule has 3 unspecified atom stereocenters. The molecule has 0 aromatic carbocycles. The molecule has 78 valence electrons. The second-order valence-corrected chi connectivity index (χ2v) is 5.43. The Bertz CT molecular complexity index is 138. The molecule has 1 aliphatic carbocycles. The Balaban J connectivity index is 2.53. The van der Waals surface area contributed by atoms with E-state index in [0.29, 0.717) is 0 Å². The third-order valence-corrected chi connectivity index (χ3v) is 4.59. The molecule has 0 saturated heterocycles. The molecule has 0 amide bonds. The van der Waals surface area contributed by atoms with Crippen LogP contribution >= 0.6 is 0 Å².